The molecule has 2 heterocycles. The van der Waals surface area contributed by atoms with Crippen molar-refractivity contribution in [3.05, 3.63) is 136 Å². The van der Waals surface area contributed by atoms with Crippen molar-refractivity contribution in [2.24, 2.45) is 4.99 Å². The van der Waals surface area contributed by atoms with Crippen LogP contribution in [0.25, 0.3) is 10.9 Å². The quantitative estimate of drug-likeness (QED) is 0.246. The molecule has 0 saturated heterocycles. The predicted octanol–water partition coefficient (Wildman–Crippen LogP) is 6.76. The molecule has 1 N–H and O–H groups in total. The fourth-order valence-electron chi connectivity index (χ4n) is 4.68. The number of aliphatic imine (C=N–C) groups is 1. The van der Waals surface area contributed by atoms with E-state index in [0.717, 1.165) is 44.8 Å². The molecule has 4 aromatic carbocycles. The van der Waals surface area contributed by atoms with Crippen molar-refractivity contribution < 1.29 is 4.92 Å². The van der Waals surface area contributed by atoms with Gasteiger partial charge in [-0.25, -0.2) is 4.99 Å². The number of amidine groups is 1. The number of para-hydroxylation sites is 2. The maximum atomic E-state index is 11.5. The van der Waals surface area contributed by atoms with Gasteiger partial charge in [0.1, 0.15) is 5.84 Å². The van der Waals surface area contributed by atoms with Crippen molar-refractivity contribution in [1.29, 1.82) is 0 Å². The van der Waals surface area contributed by atoms with Crippen LogP contribution in [-0.2, 0) is 0 Å². The molecule has 0 unspecified atom stereocenters. The van der Waals surface area contributed by atoms with Crippen LogP contribution < -0.4 is 4.90 Å². The summed E-state index contributed by atoms with van der Waals surface area (Å²) in [5.74, 6) is 0.829. The summed E-state index contributed by atoms with van der Waals surface area (Å²) in [6.45, 7) is 0. The number of nitrogens with one attached hydrogen (secondary N) is 1. The Morgan fingerprint density at radius 1 is 0.824 bits per heavy atom. The summed E-state index contributed by atoms with van der Waals surface area (Å²) in [6.07, 6.45) is 1.96. The van der Waals surface area contributed by atoms with Crippen LogP contribution in [-0.4, -0.2) is 15.7 Å². The van der Waals surface area contributed by atoms with Crippen LogP contribution >= 0.6 is 0 Å². The van der Waals surface area contributed by atoms with Gasteiger partial charge in [-0.05, 0) is 24.3 Å². The van der Waals surface area contributed by atoms with Crippen molar-refractivity contribution in [2.75, 3.05) is 4.90 Å². The molecular formula is C28H20N4O2. The van der Waals surface area contributed by atoms with Gasteiger partial charge >= 0.3 is 0 Å². The van der Waals surface area contributed by atoms with E-state index in [0.29, 0.717) is 0 Å². The Balaban J connectivity index is 1.65. The molecule has 0 amide bonds. The Kier molecular flexibility index (Phi) is 4.70. The number of hydrogen-bond acceptors (Lipinski definition) is 4. The number of aromatic nitrogens is 1. The van der Waals surface area contributed by atoms with E-state index in [2.05, 4.69) is 40.2 Å². The van der Waals surface area contributed by atoms with Gasteiger partial charge in [0.2, 0.25) is 0 Å². The highest BCUT2D eigenvalue weighted by Crippen LogP contribution is 2.44. The van der Waals surface area contributed by atoms with Crippen LogP contribution in [0.1, 0.15) is 22.7 Å². The Morgan fingerprint density at radius 3 is 2.29 bits per heavy atom. The largest absolute Gasteiger partial charge is 0.361 e. The van der Waals surface area contributed by atoms with Crippen molar-refractivity contribution in [3.63, 3.8) is 0 Å². The minimum Gasteiger partial charge on any atom is -0.361 e. The van der Waals surface area contributed by atoms with Gasteiger partial charge in [0.25, 0.3) is 5.69 Å². The molecule has 1 atom stereocenters. The fourth-order valence-corrected chi connectivity index (χ4v) is 4.68. The van der Waals surface area contributed by atoms with Crippen LogP contribution in [0.3, 0.4) is 0 Å². The molecule has 5 aromatic rings. The number of nitro groups is 1. The number of anilines is 1. The molecule has 0 saturated carbocycles. The zero-order chi connectivity index (χ0) is 23.1. The number of H-pyrrole nitrogens is 1. The summed E-state index contributed by atoms with van der Waals surface area (Å²) in [5, 5.41) is 12.4. The second kappa shape index (κ2) is 8.01. The van der Waals surface area contributed by atoms with E-state index in [1.165, 1.54) is 6.07 Å². The minimum absolute atomic E-state index is 0.0701. The molecule has 6 rings (SSSR count). The molecule has 34 heavy (non-hydrogen) atoms. The summed E-state index contributed by atoms with van der Waals surface area (Å²) in [5.41, 5.74) is 5.80. The summed E-state index contributed by atoms with van der Waals surface area (Å²) in [7, 11) is 0. The minimum atomic E-state index is -0.350. The van der Waals surface area contributed by atoms with Gasteiger partial charge < -0.3 is 9.88 Å². The number of rotatable bonds is 4. The average Bonchev–Trinajstić information content (AvgIpc) is 3.31. The third kappa shape index (κ3) is 3.24. The monoisotopic (exact) mass is 444 g/mol. The topological polar surface area (TPSA) is 74.5 Å². The number of nitrogens with zero attached hydrogens (tertiary/aromatic N) is 3. The summed E-state index contributed by atoms with van der Waals surface area (Å²) < 4.78 is 0. The molecule has 0 fully saturated rings. The number of non-ortho nitro benzene ring substituents is 1. The zero-order valence-corrected chi connectivity index (χ0v) is 18.1. The lowest BCUT2D eigenvalue weighted by molar-refractivity contribution is -0.384. The van der Waals surface area contributed by atoms with Gasteiger partial charge in [-0.1, -0.05) is 66.7 Å². The van der Waals surface area contributed by atoms with E-state index in [4.69, 9.17) is 4.99 Å². The van der Waals surface area contributed by atoms with Crippen LogP contribution in [0, 0.1) is 10.1 Å². The molecule has 1 aliphatic rings. The first-order chi connectivity index (χ1) is 16.7. The molecule has 1 aromatic heterocycles. The second-order valence-electron chi connectivity index (χ2n) is 8.20. The maximum absolute atomic E-state index is 11.5. The lowest BCUT2D eigenvalue weighted by Gasteiger charge is -2.38. The molecule has 6 nitrogen and oxygen atoms in total. The Bertz CT molecular complexity index is 1540. The molecule has 0 aliphatic carbocycles. The highest BCUT2D eigenvalue weighted by Gasteiger charge is 2.34. The molecule has 0 radical (unpaired) electrons. The van der Waals surface area contributed by atoms with E-state index in [1.807, 2.05) is 60.8 Å². The predicted molar refractivity (Wildman–Crippen MR) is 135 cm³/mol. The molecular weight excluding hydrogens is 424 g/mol. The van der Waals surface area contributed by atoms with Crippen molar-refractivity contribution in [3.8, 4) is 0 Å². The van der Waals surface area contributed by atoms with E-state index in [-0.39, 0.29) is 16.7 Å². The first kappa shape index (κ1) is 19.9. The summed E-state index contributed by atoms with van der Waals surface area (Å²) in [6, 6.07) is 33.1. The number of benzene rings is 4. The van der Waals surface area contributed by atoms with E-state index >= 15 is 0 Å². The molecule has 0 bridgehead atoms. The van der Waals surface area contributed by atoms with Gasteiger partial charge in [0.05, 0.1) is 16.7 Å². The first-order valence-electron chi connectivity index (χ1n) is 11.0. The lowest BCUT2D eigenvalue weighted by atomic mass is 9.92. The number of hydrogen-bond donors (Lipinski definition) is 1. The van der Waals surface area contributed by atoms with E-state index < -0.39 is 0 Å². The van der Waals surface area contributed by atoms with Crippen LogP contribution in [0.15, 0.2) is 114 Å². The van der Waals surface area contributed by atoms with E-state index in [9.17, 15) is 10.1 Å². The van der Waals surface area contributed by atoms with Crippen LogP contribution in [0.4, 0.5) is 17.1 Å². The number of aromatic amines is 1. The molecule has 164 valence electrons. The normalized spacial score (nSPS) is 15.1. The molecule has 1 aliphatic heterocycles. The maximum Gasteiger partial charge on any atom is 0.270 e. The van der Waals surface area contributed by atoms with E-state index in [1.54, 1.807) is 12.1 Å². The number of fused-ring (bicyclic) bond motifs is 2. The molecule has 0 spiro atoms. The van der Waals surface area contributed by atoms with Gasteiger partial charge in [0.15, 0.2) is 0 Å². The Hall–Kier alpha value is -4.71. The zero-order valence-electron chi connectivity index (χ0n) is 18.1. The summed E-state index contributed by atoms with van der Waals surface area (Å²) >= 11 is 0. The summed E-state index contributed by atoms with van der Waals surface area (Å²) in [4.78, 5) is 21.8. The highest BCUT2D eigenvalue weighted by molar-refractivity contribution is 6.13. The van der Waals surface area contributed by atoms with Crippen LogP contribution in [0.5, 0.6) is 0 Å². The number of nitro benzene ring substituents is 1. The van der Waals surface area contributed by atoms with Gasteiger partial charge in [-0.3, -0.25) is 10.1 Å². The van der Waals surface area contributed by atoms with Crippen molar-refractivity contribution in [1.82, 2.24) is 4.98 Å². The smallest absolute Gasteiger partial charge is 0.270 e. The third-order valence-corrected chi connectivity index (χ3v) is 6.21. The Labute approximate surface area is 196 Å². The van der Waals surface area contributed by atoms with Crippen molar-refractivity contribution >= 4 is 33.8 Å². The van der Waals surface area contributed by atoms with Crippen LogP contribution in [0.2, 0.25) is 0 Å². The SMILES string of the molecule is O=[N+]([O-])c1ccc2[nH]cc([C@@H]3c4ccccc4N=C(c4ccccc4)N3c3ccccc3)c2c1. The molecule has 6 heteroatoms. The van der Waals surface area contributed by atoms with Crippen molar-refractivity contribution in [2.45, 2.75) is 6.04 Å². The van der Waals surface area contributed by atoms with Gasteiger partial charge in [-0.15, -0.1) is 0 Å². The average molecular weight is 444 g/mol. The van der Waals surface area contributed by atoms with Gasteiger partial charge in [-0.2, -0.15) is 0 Å². The first-order valence-corrected chi connectivity index (χ1v) is 11.0. The standard InChI is InChI=1S/C28H20N4O2/c33-32(34)21-15-16-25-23(17-21)24(18-29-25)27-22-13-7-8-14-26(22)30-28(19-9-3-1-4-10-19)31(27)20-11-5-2-6-12-20/h1-18,27,29H/t27-/m0/s1. The fraction of sp³-hybridized carbons (Fsp3) is 0.0357. The lowest BCUT2D eigenvalue weighted by Crippen LogP contribution is -2.38. The second-order valence-corrected chi connectivity index (χ2v) is 8.20. The van der Waals surface area contributed by atoms with Gasteiger partial charge in [0, 0.05) is 51.6 Å². The third-order valence-electron chi connectivity index (χ3n) is 6.21. The highest BCUT2D eigenvalue weighted by atomic mass is 16.6. The Morgan fingerprint density at radius 2 is 1.53 bits per heavy atom.